The highest BCUT2D eigenvalue weighted by Crippen LogP contribution is 2.24. The highest BCUT2D eigenvalue weighted by molar-refractivity contribution is 5.94. The number of carbonyl (C=O) groups is 1. The van der Waals surface area contributed by atoms with Crippen LogP contribution in [0.3, 0.4) is 0 Å². The van der Waals surface area contributed by atoms with Crippen molar-refractivity contribution >= 4 is 11.6 Å². The third-order valence-electron chi connectivity index (χ3n) is 4.69. The molecule has 3 aromatic rings. The van der Waals surface area contributed by atoms with E-state index in [1.54, 1.807) is 12.1 Å². The van der Waals surface area contributed by atoms with E-state index in [1.165, 1.54) is 16.7 Å². The lowest BCUT2D eigenvalue weighted by Crippen LogP contribution is -2.40. The minimum absolute atomic E-state index is 0.0835. The number of nitrogens with one attached hydrogen (secondary N) is 1. The maximum absolute atomic E-state index is 12.6. The molecule has 0 radical (unpaired) electrons. The van der Waals surface area contributed by atoms with Gasteiger partial charge in [0.2, 0.25) is 0 Å². The van der Waals surface area contributed by atoms with E-state index in [1.807, 2.05) is 30.3 Å². The summed E-state index contributed by atoms with van der Waals surface area (Å²) in [6, 6.07) is 18.0. The van der Waals surface area contributed by atoms with Crippen molar-refractivity contribution in [2.45, 2.75) is 18.9 Å². The maximum atomic E-state index is 12.6. The van der Waals surface area contributed by atoms with Crippen LogP contribution in [0.4, 0.5) is 5.69 Å². The molecule has 2 heterocycles. The Hall–Kier alpha value is -3.22. The SMILES string of the molecule is O=C(NCC1CCCN1c1ccccc1)c1cccc(-n2cnnn2)c1. The van der Waals surface area contributed by atoms with Gasteiger partial charge < -0.3 is 10.2 Å². The Kier molecular flexibility index (Phi) is 4.59. The van der Waals surface area contributed by atoms with E-state index in [9.17, 15) is 4.79 Å². The third-order valence-corrected chi connectivity index (χ3v) is 4.69. The topological polar surface area (TPSA) is 75.9 Å². The Morgan fingerprint density at radius 2 is 1.96 bits per heavy atom. The van der Waals surface area contributed by atoms with Crippen molar-refractivity contribution in [3.8, 4) is 5.69 Å². The zero-order valence-electron chi connectivity index (χ0n) is 14.3. The summed E-state index contributed by atoms with van der Waals surface area (Å²) >= 11 is 0. The first-order valence-electron chi connectivity index (χ1n) is 8.74. The highest BCUT2D eigenvalue weighted by atomic mass is 16.1. The van der Waals surface area contributed by atoms with Gasteiger partial charge in [0.1, 0.15) is 6.33 Å². The first-order valence-corrected chi connectivity index (χ1v) is 8.74. The number of hydrogen-bond acceptors (Lipinski definition) is 5. The Labute approximate surface area is 151 Å². The van der Waals surface area contributed by atoms with Crippen molar-refractivity contribution in [1.29, 1.82) is 0 Å². The van der Waals surface area contributed by atoms with Crippen molar-refractivity contribution in [2.24, 2.45) is 0 Å². The van der Waals surface area contributed by atoms with Crippen molar-refractivity contribution < 1.29 is 4.79 Å². The highest BCUT2D eigenvalue weighted by Gasteiger charge is 2.25. The molecular weight excluding hydrogens is 328 g/mol. The molecule has 1 aliphatic rings. The molecule has 7 nitrogen and oxygen atoms in total. The van der Waals surface area contributed by atoms with E-state index < -0.39 is 0 Å². The molecule has 4 rings (SSSR count). The van der Waals surface area contributed by atoms with Crippen LogP contribution in [0.15, 0.2) is 60.9 Å². The quantitative estimate of drug-likeness (QED) is 0.764. The van der Waals surface area contributed by atoms with Crippen LogP contribution in [-0.4, -0.2) is 45.2 Å². The Morgan fingerprint density at radius 1 is 1.12 bits per heavy atom. The van der Waals surface area contributed by atoms with E-state index in [2.05, 4.69) is 37.9 Å². The van der Waals surface area contributed by atoms with Gasteiger partial charge in [0.25, 0.3) is 5.91 Å². The number of benzene rings is 2. The van der Waals surface area contributed by atoms with Crippen molar-refractivity contribution in [1.82, 2.24) is 25.5 Å². The molecule has 132 valence electrons. The van der Waals surface area contributed by atoms with Crippen molar-refractivity contribution in [3.63, 3.8) is 0 Å². The lowest BCUT2D eigenvalue weighted by molar-refractivity contribution is 0.0951. The van der Waals surface area contributed by atoms with Crippen LogP contribution in [0.5, 0.6) is 0 Å². The van der Waals surface area contributed by atoms with Gasteiger partial charge in [0.05, 0.1) is 5.69 Å². The number of anilines is 1. The fourth-order valence-corrected chi connectivity index (χ4v) is 3.39. The number of amides is 1. The average Bonchev–Trinajstić information content (AvgIpc) is 3.39. The van der Waals surface area contributed by atoms with Crippen molar-refractivity contribution in [2.75, 3.05) is 18.0 Å². The number of hydrogen-bond donors (Lipinski definition) is 1. The standard InChI is InChI=1S/C19H20N6O/c26-19(15-6-4-9-17(12-15)25-14-21-22-23-25)20-13-18-10-5-11-24(18)16-7-2-1-3-8-16/h1-4,6-9,12,14,18H,5,10-11,13H2,(H,20,26). The molecule has 1 N–H and O–H groups in total. The van der Waals surface area contributed by atoms with E-state index in [0.717, 1.165) is 25.1 Å². The van der Waals surface area contributed by atoms with Crippen LogP contribution >= 0.6 is 0 Å². The second kappa shape index (κ2) is 7.35. The van der Waals surface area contributed by atoms with E-state index in [-0.39, 0.29) is 5.91 Å². The van der Waals surface area contributed by atoms with Crippen molar-refractivity contribution in [3.05, 3.63) is 66.5 Å². The first-order chi connectivity index (χ1) is 12.8. The predicted octanol–water partition coefficient (Wildman–Crippen LogP) is 2.06. The minimum Gasteiger partial charge on any atom is -0.367 e. The average molecular weight is 348 g/mol. The number of tetrazole rings is 1. The lowest BCUT2D eigenvalue weighted by Gasteiger charge is -2.27. The molecule has 7 heteroatoms. The molecule has 1 atom stereocenters. The van der Waals surface area contributed by atoms with E-state index >= 15 is 0 Å². The molecule has 0 saturated carbocycles. The second-order valence-electron chi connectivity index (χ2n) is 6.34. The second-order valence-corrected chi connectivity index (χ2v) is 6.34. The summed E-state index contributed by atoms with van der Waals surface area (Å²) in [7, 11) is 0. The van der Waals surface area contributed by atoms with Gasteiger partial charge in [0.15, 0.2) is 0 Å². The number of aromatic nitrogens is 4. The number of para-hydroxylation sites is 1. The number of carbonyl (C=O) groups excluding carboxylic acids is 1. The molecule has 1 unspecified atom stereocenters. The number of rotatable bonds is 5. The van der Waals surface area contributed by atoms with Gasteiger partial charge in [-0.1, -0.05) is 24.3 Å². The zero-order valence-corrected chi connectivity index (χ0v) is 14.3. The molecule has 0 bridgehead atoms. The monoisotopic (exact) mass is 348 g/mol. The summed E-state index contributed by atoms with van der Waals surface area (Å²) in [4.78, 5) is 14.9. The van der Waals surface area contributed by atoms with Gasteiger partial charge in [-0.15, -0.1) is 5.10 Å². The van der Waals surface area contributed by atoms with Crippen LogP contribution in [0.25, 0.3) is 5.69 Å². The van der Waals surface area contributed by atoms with Gasteiger partial charge in [-0.25, -0.2) is 4.68 Å². The fraction of sp³-hybridized carbons (Fsp3) is 0.263. The normalized spacial score (nSPS) is 16.6. The first kappa shape index (κ1) is 16.3. The third kappa shape index (κ3) is 3.42. The molecule has 1 amide bonds. The van der Waals surface area contributed by atoms with Gasteiger partial charge in [0, 0.05) is 30.4 Å². The van der Waals surface area contributed by atoms with Crippen LogP contribution in [0, 0.1) is 0 Å². The Bertz CT molecular complexity index is 865. The lowest BCUT2D eigenvalue weighted by atomic mass is 10.1. The molecule has 1 saturated heterocycles. The summed E-state index contributed by atoms with van der Waals surface area (Å²) in [5.74, 6) is -0.0835. The smallest absolute Gasteiger partial charge is 0.251 e. The van der Waals surface area contributed by atoms with Gasteiger partial charge in [-0.2, -0.15) is 0 Å². The minimum atomic E-state index is -0.0835. The van der Waals surface area contributed by atoms with E-state index in [4.69, 9.17) is 0 Å². The molecule has 0 aliphatic carbocycles. The van der Waals surface area contributed by atoms with E-state index in [0.29, 0.717) is 18.2 Å². The molecule has 0 spiro atoms. The predicted molar refractivity (Wildman–Crippen MR) is 98.3 cm³/mol. The molecule has 1 aliphatic heterocycles. The zero-order chi connectivity index (χ0) is 17.8. The molecule has 2 aromatic carbocycles. The largest absolute Gasteiger partial charge is 0.367 e. The number of nitrogens with zero attached hydrogens (tertiary/aromatic N) is 5. The van der Waals surface area contributed by atoms with Crippen LogP contribution in [-0.2, 0) is 0 Å². The summed E-state index contributed by atoms with van der Waals surface area (Å²) < 4.78 is 1.53. The molecule has 1 fully saturated rings. The molecular formula is C19H20N6O. The van der Waals surface area contributed by atoms with Gasteiger partial charge >= 0.3 is 0 Å². The fourth-order valence-electron chi connectivity index (χ4n) is 3.39. The Balaban J connectivity index is 1.42. The Morgan fingerprint density at radius 3 is 2.77 bits per heavy atom. The molecule has 1 aromatic heterocycles. The van der Waals surface area contributed by atoms with Crippen LogP contribution in [0.1, 0.15) is 23.2 Å². The molecule has 26 heavy (non-hydrogen) atoms. The van der Waals surface area contributed by atoms with Crippen LogP contribution in [0.2, 0.25) is 0 Å². The van der Waals surface area contributed by atoms with Gasteiger partial charge in [-0.3, -0.25) is 4.79 Å². The summed E-state index contributed by atoms with van der Waals surface area (Å²) in [6.45, 7) is 1.65. The summed E-state index contributed by atoms with van der Waals surface area (Å²) in [6.07, 6.45) is 3.73. The summed E-state index contributed by atoms with van der Waals surface area (Å²) in [5.41, 5.74) is 2.57. The van der Waals surface area contributed by atoms with Crippen LogP contribution < -0.4 is 10.2 Å². The maximum Gasteiger partial charge on any atom is 0.251 e. The van der Waals surface area contributed by atoms with Gasteiger partial charge in [-0.05, 0) is 53.6 Å². The summed E-state index contributed by atoms with van der Waals surface area (Å²) in [5, 5.41) is 14.2.